The van der Waals surface area contributed by atoms with E-state index in [9.17, 15) is 39.6 Å². The molecule has 0 saturated carbocycles. The Bertz CT molecular complexity index is 3370. The number of phosphoric ester groups is 1. The fourth-order valence-electron chi connectivity index (χ4n) is 9.20. The summed E-state index contributed by atoms with van der Waals surface area (Å²) in [4.78, 5) is 41.9. The van der Waals surface area contributed by atoms with Gasteiger partial charge in [-0.05, 0) is 148 Å². The van der Waals surface area contributed by atoms with Gasteiger partial charge in [0.1, 0.15) is 0 Å². The number of carbonyl (C=O) groups excluding carboxylic acids is 3. The summed E-state index contributed by atoms with van der Waals surface area (Å²) >= 11 is 19.4. The number of carbonyl (C=O) groups is 3. The van der Waals surface area contributed by atoms with Crippen molar-refractivity contribution in [3.8, 4) is 17.2 Å². The van der Waals surface area contributed by atoms with E-state index in [-0.39, 0.29) is 80.8 Å². The van der Waals surface area contributed by atoms with Crippen molar-refractivity contribution in [3.05, 3.63) is 159 Å². The van der Waals surface area contributed by atoms with E-state index in [0.717, 1.165) is 19.3 Å². The summed E-state index contributed by atoms with van der Waals surface area (Å²) in [6.07, 6.45) is 6.84. The van der Waals surface area contributed by atoms with Crippen molar-refractivity contribution in [2.45, 2.75) is 72.5 Å². The Morgan fingerprint density at radius 3 is 0.912 bits per heavy atom. The molecule has 9 rings (SSSR count). The summed E-state index contributed by atoms with van der Waals surface area (Å²) in [6.45, 7) is 1.99. The van der Waals surface area contributed by atoms with Crippen LogP contribution < -0.4 is 29.5 Å². The van der Waals surface area contributed by atoms with Gasteiger partial charge < -0.3 is 29.5 Å². The van der Waals surface area contributed by atoms with Crippen molar-refractivity contribution in [1.82, 2.24) is 12.9 Å². The maximum absolute atomic E-state index is 15.7. The molecule has 0 radical (unpaired) electrons. The van der Waals surface area contributed by atoms with Crippen molar-refractivity contribution in [3.63, 3.8) is 0 Å². The molecule has 0 unspecified atom stereocenters. The Kier molecular flexibility index (Phi) is 18.3. The number of phosphoric acid groups is 1. The number of benzene rings is 6. The van der Waals surface area contributed by atoms with Gasteiger partial charge in [-0.25, -0.2) is 25.3 Å². The Morgan fingerprint density at radius 2 is 0.650 bits per heavy atom. The van der Waals surface area contributed by atoms with E-state index >= 15 is 4.57 Å². The second kappa shape index (κ2) is 25.0. The van der Waals surface area contributed by atoms with Gasteiger partial charge in [-0.1, -0.05) is 72.3 Å². The van der Waals surface area contributed by atoms with E-state index in [2.05, 4.69) is 16.0 Å². The highest BCUT2D eigenvalue weighted by atomic mass is 35.5. The Balaban J connectivity index is 1.05. The van der Waals surface area contributed by atoms with E-state index in [1.165, 1.54) is 140 Å². The van der Waals surface area contributed by atoms with Crippen LogP contribution in [0.25, 0.3) is 0 Å². The van der Waals surface area contributed by atoms with Gasteiger partial charge in [-0.15, -0.1) is 0 Å². The Labute approximate surface area is 479 Å². The topological polar surface area (TPSA) is 244 Å². The molecule has 3 aliphatic heterocycles. The Hall–Kier alpha value is -6.04. The van der Waals surface area contributed by atoms with E-state index in [4.69, 9.17) is 48.4 Å². The summed E-state index contributed by atoms with van der Waals surface area (Å²) in [6, 6.07) is 27.8. The molecule has 26 heteroatoms. The van der Waals surface area contributed by atoms with Crippen LogP contribution in [0.4, 0.5) is 17.1 Å². The van der Waals surface area contributed by atoms with Crippen molar-refractivity contribution in [2.24, 2.45) is 0 Å². The summed E-state index contributed by atoms with van der Waals surface area (Å²) in [5, 5.41) is 8.13. The van der Waals surface area contributed by atoms with Crippen LogP contribution in [0.3, 0.4) is 0 Å². The lowest BCUT2D eigenvalue weighted by Crippen LogP contribution is -2.35. The van der Waals surface area contributed by atoms with Crippen LogP contribution in [0, 0.1) is 0 Å². The van der Waals surface area contributed by atoms with E-state index in [1.807, 2.05) is 0 Å². The molecule has 6 aromatic rings. The number of nitrogens with zero attached hydrogens (tertiary/aromatic N) is 3. The molecule has 3 fully saturated rings. The Morgan fingerprint density at radius 1 is 0.388 bits per heavy atom. The number of anilines is 3. The normalized spacial score (nSPS) is 16.0. The number of nitrogens with one attached hydrogen (secondary N) is 3. The standard InChI is InChI=1S/C54H54Cl3N6O13PS3/c55-40-19-22-49(46(34-40)58-52(64)37-13-10-16-43(31-37)78(68,69)61-25-4-1-5-26-61)74-77(67,75-50-23-20-41(56)35-47(50)59-53(65)38-14-11-17-44(32-38)79(70,71)62-27-6-2-7-28-62)76-51-24-21-42(57)36-48(51)60-54(66)39-15-12-18-45(33-39)80(72,73)63-29-8-3-9-30-63/h10-24,31-36H,1-9,25-30H2,(H,58,64)(H,59,65)(H,60,66). The zero-order valence-corrected chi connectivity index (χ0v) is 48.3. The summed E-state index contributed by atoms with van der Waals surface area (Å²) in [7, 11) is -17.2. The molecule has 3 aliphatic rings. The fourth-order valence-corrected chi connectivity index (χ4v) is 15.7. The molecule has 0 aromatic heterocycles. The van der Waals surface area contributed by atoms with Crippen LogP contribution in [0.5, 0.6) is 17.2 Å². The number of piperidine rings is 3. The molecule has 422 valence electrons. The molecule has 6 aromatic carbocycles. The highest BCUT2D eigenvalue weighted by Gasteiger charge is 2.38. The van der Waals surface area contributed by atoms with Gasteiger partial charge in [0.25, 0.3) is 17.7 Å². The lowest BCUT2D eigenvalue weighted by Gasteiger charge is -2.26. The number of hydrogen-bond acceptors (Lipinski definition) is 13. The second-order valence-corrected chi connectivity index (χ2v) is 27.5. The van der Waals surface area contributed by atoms with Gasteiger partial charge in [0.2, 0.25) is 30.1 Å². The van der Waals surface area contributed by atoms with E-state index < -0.39 is 55.6 Å². The molecule has 3 N–H and O–H groups in total. The molecule has 0 bridgehead atoms. The number of sulfonamides is 3. The summed E-state index contributed by atoms with van der Waals surface area (Å²) in [5.74, 6) is -3.59. The number of amides is 3. The molecule has 3 amide bonds. The molecule has 0 atom stereocenters. The smallest absolute Gasteiger partial charge is 0.384 e. The van der Waals surface area contributed by atoms with Crippen molar-refractivity contribution >= 4 is 107 Å². The van der Waals surface area contributed by atoms with Crippen molar-refractivity contribution in [1.29, 1.82) is 0 Å². The van der Waals surface area contributed by atoms with Gasteiger partial charge in [0, 0.05) is 71.0 Å². The first kappa shape index (κ1) is 58.6. The predicted molar refractivity (Wildman–Crippen MR) is 305 cm³/mol. The zero-order valence-electron chi connectivity index (χ0n) is 42.7. The average Bonchev–Trinajstić information content (AvgIpc) is 3.53. The SMILES string of the molecule is O=C(Nc1cc(Cl)ccc1OP(=O)(Oc1ccc(Cl)cc1NC(=O)c1cccc(S(=O)(=O)N2CCCCC2)c1)Oc1ccc(Cl)cc1NC(=O)c1cccc(S(=O)(=O)N2CCCCC2)c1)c1cccc(S(=O)(=O)N2CCCCC2)c1. The third-order valence-electron chi connectivity index (χ3n) is 13.3. The minimum atomic E-state index is -5.33. The highest BCUT2D eigenvalue weighted by molar-refractivity contribution is 7.89. The lowest BCUT2D eigenvalue weighted by atomic mass is 10.2. The van der Waals surface area contributed by atoms with Gasteiger partial charge in [-0.2, -0.15) is 17.5 Å². The average molecular weight is 1230 g/mol. The van der Waals surface area contributed by atoms with E-state index in [0.29, 0.717) is 77.8 Å². The number of halogens is 3. The van der Waals surface area contributed by atoms with Crippen LogP contribution in [0.1, 0.15) is 88.9 Å². The molecule has 0 aliphatic carbocycles. The lowest BCUT2D eigenvalue weighted by molar-refractivity contribution is 0.101. The van der Waals surface area contributed by atoms with Gasteiger partial charge in [0.15, 0.2) is 17.2 Å². The zero-order chi connectivity index (χ0) is 56.8. The van der Waals surface area contributed by atoms with Gasteiger partial charge in [-0.3, -0.25) is 14.4 Å². The minimum absolute atomic E-state index is 0.0664. The molecular weight excluding hydrogens is 1170 g/mol. The van der Waals surface area contributed by atoms with Gasteiger partial charge >= 0.3 is 7.82 Å². The first-order valence-electron chi connectivity index (χ1n) is 25.5. The molecule has 80 heavy (non-hydrogen) atoms. The highest BCUT2D eigenvalue weighted by Crippen LogP contribution is 2.54. The first-order valence-corrected chi connectivity index (χ1v) is 32.4. The van der Waals surface area contributed by atoms with Crippen molar-refractivity contribution in [2.75, 3.05) is 55.2 Å². The monoisotopic (exact) mass is 1230 g/mol. The number of rotatable bonds is 18. The van der Waals surface area contributed by atoms with Crippen LogP contribution in [0.15, 0.2) is 142 Å². The molecule has 0 spiro atoms. The number of hydrogen-bond donors (Lipinski definition) is 3. The first-order chi connectivity index (χ1) is 38.2. The molecule has 3 saturated heterocycles. The van der Waals surface area contributed by atoms with Crippen LogP contribution in [-0.2, 0) is 34.6 Å². The van der Waals surface area contributed by atoms with Crippen LogP contribution in [-0.4, -0.2) is 95.2 Å². The van der Waals surface area contributed by atoms with Crippen LogP contribution >= 0.6 is 42.6 Å². The summed E-state index contributed by atoms with van der Waals surface area (Å²) in [5.41, 5.74) is -0.821. The maximum atomic E-state index is 15.7. The van der Waals surface area contributed by atoms with Crippen LogP contribution in [0.2, 0.25) is 15.1 Å². The quantitative estimate of drug-likeness (QED) is 0.0679. The largest absolute Gasteiger partial charge is 0.647 e. The second-order valence-electron chi connectivity index (χ2n) is 19.0. The molecule has 3 heterocycles. The maximum Gasteiger partial charge on any atom is 0.647 e. The summed E-state index contributed by atoms with van der Waals surface area (Å²) < 4.78 is 120. The predicted octanol–water partition coefficient (Wildman–Crippen LogP) is 11.6. The minimum Gasteiger partial charge on any atom is -0.384 e. The third kappa shape index (κ3) is 13.8. The molecule has 19 nitrogen and oxygen atoms in total. The van der Waals surface area contributed by atoms with Crippen molar-refractivity contribution < 1.29 is 57.8 Å². The fraction of sp³-hybridized carbons (Fsp3) is 0.278. The van der Waals surface area contributed by atoms with E-state index in [1.54, 1.807) is 0 Å². The molecular formula is C54H54Cl3N6O13PS3. The van der Waals surface area contributed by atoms with Gasteiger partial charge in [0.05, 0.1) is 31.7 Å². The third-order valence-corrected chi connectivity index (χ3v) is 21.0.